The molecule has 7 nitrogen and oxygen atoms in total. The summed E-state index contributed by atoms with van der Waals surface area (Å²) < 4.78 is 0. The third kappa shape index (κ3) is 4.48. The number of carbonyl (C=O) groups excluding carboxylic acids is 3. The molecule has 4 rings (SSSR count). The van der Waals surface area contributed by atoms with Crippen molar-refractivity contribution in [2.75, 3.05) is 31.1 Å². The van der Waals surface area contributed by atoms with Crippen LogP contribution in [-0.4, -0.2) is 54.5 Å². The van der Waals surface area contributed by atoms with E-state index in [-0.39, 0.29) is 24.2 Å². The second-order valence-corrected chi connectivity index (χ2v) is 9.60. The molecule has 1 aliphatic carbocycles. The number of anilines is 1. The van der Waals surface area contributed by atoms with E-state index in [0.717, 1.165) is 51.6 Å². The third-order valence-corrected chi connectivity index (χ3v) is 7.54. The molecule has 0 spiro atoms. The first-order chi connectivity index (χ1) is 15.4. The number of rotatable bonds is 7. The van der Waals surface area contributed by atoms with Gasteiger partial charge in [0.1, 0.15) is 5.54 Å². The van der Waals surface area contributed by atoms with Crippen LogP contribution in [0.15, 0.2) is 18.2 Å². The molecule has 2 aliphatic heterocycles. The largest absolute Gasteiger partial charge is 0.368 e. The van der Waals surface area contributed by atoms with Gasteiger partial charge in [0, 0.05) is 38.3 Å². The highest BCUT2D eigenvalue weighted by Gasteiger charge is 2.52. The predicted molar refractivity (Wildman–Crippen MR) is 125 cm³/mol. The summed E-state index contributed by atoms with van der Waals surface area (Å²) >= 11 is 0. The number of benzene rings is 1. The Morgan fingerprint density at radius 1 is 1.12 bits per heavy atom. The molecule has 1 aromatic rings. The van der Waals surface area contributed by atoms with Gasteiger partial charge in [0.25, 0.3) is 5.91 Å². The molecule has 2 N–H and O–H groups in total. The zero-order valence-corrected chi connectivity index (χ0v) is 19.4. The molecule has 1 aromatic carbocycles. The van der Waals surface area contributed by atoms with Gasteiger partial charge in [-0.2, -0.15) is 0 Å². The van der Waals surface area contributed by atoms with Crippen molar-refractivity contribution in [2.24, 2.45) is 5.92 Å². The Kier molecular flexibility index (Phi) is 6.72. The fraction of sp³-hybridized carbons (Fsp3) is 0.640. The van der Waals surface area contributed by atoms with E-state index in [2.05, 4.69) is 47.6 Å². The Morgan fingerprint density at radius 3 is 2.47 bits per heavy atom. The maximum Gasteiger partial charge on any atom is 0.322 e. The van der Waals surface area contributed by atoms with Gasteiger partial charge in [-0.15, -0.1) is 0 Å². The minimum absolute atomic E-state index is 0.0763. The van der Waals surface area contributed by atoms with Gasteiger partial charge < -0.3 is 15.1 Å². The molecule has 0 aromatic heterocycles. The van der Waals surface area contributed by atoms with E-state index in [9.17, 15) is 14.4 Å². The van der Waals surface area contributed by atoms with Crippen LogP contribution in [0.3, 0.4) is 0 Å². The summed E-state index contributed by atoms with van der Waals surface area (Å²) in [7, 11) is 0. The maximum absolute atomic E-state index is 13.0. The van der Waals surface area contributed by atoms with Crippen LogP contribution in [0.4, 0.5) is 10.5 Å². The molecular weight excluding hydrogens is 404 g/mol. The smallest absolute Gasteiger partial charge is 0.322 e. The van der Waals surface area contributed by atoms with Crippen molar-refractivity contribution in [2.45, 2.75) is 70.8 Å². The summed E-state index contributed by atoms with van der Waals surface area (Å²) in [6, 6.07) is 6.27. The molecule has 1 saturated carbocycles. The molecule has 2 heterocycles. The first-order valence-electron chi connectivity index (χ1n) is 12.2. The number of imide groups is 1. The number of nitrogens with one attached hydrogen (secondary N) is 2. The van der Waals surface area contributed by atoms with Gasteiger partial charge in [0.2, 0.25) is 5.91 Å². The lowest BCUT2D eigenvalue weighted by molar-refractivity contribution is -0.133. The van der Waals surface area contributed by atoms with E-state index < -0.39 is 11.6 Å². The van der Waals surface area contributed by atoms with Crippen molar-refractivity contribution >= 4 is 23.5 Å². The minimum Gasteiger partial charge on any atom is -0.368 e. The molecule has 4 amide bonds. The number of hydrogen-bond donors (Lipinski definition) is 2. The average Bonchev–Trinajstić information content (AvgIpc) is 3.42. The molecule has 3 aliphatic rings. The van der Waals surface area contributed by atoms with E-state index in [1.54, 1.807) is 0 Å². The van der Waals surface area contributed by atoms with E-state index >= 15 is 0 Å². The van der Waals surface area contributed by atoms with Crippen molar-refractivity contribution in [3.63, 3.8) is 0 Å². The summed E-state index contributed by atoms with van der Waals surface area (Å²) in [5.41, 5.74) is 2.99. The Balaban J connectivity index is 1.35. The van der Waals surface area contributed by atoms with Gasteiger partial charge in [0.05, 0.1) is 0 Å². The Labute approximate surface area is 190 Å². The van der Waals surface area contributed by atoms with Crippen LogP contribution in [0.25, 0.3) is 0 Å². The molecule has 1 unspecified atom stereocenters. The van der Waals surface area contributed by atoms with Crippen LogP contribution in [-0.2, 0) is 16.0 Å². The molecule has 0 radical (unpaired) electrons. The highest BCUT2D eigenvalue weighted by atomic mass is 16.2. The van der Waals surface area contributed by atoms with Crippen molar-refractivity contribution in [1.82, 2.24) is 15.5 Å². The average molecular weight is 441 g/mol. The Bertz CT molecular complexity index is 872. The maximum atomic E-state index is 13.0. The van der Waals surface area contributed by atoms with E-state index in [4.69, 9.17) is 0 Å². The van der Waals surface area contributed by atoms with Gasteiger partial charge in [-0.1, -0.05) is 38.3 Å². The second-order valence-electron chi connectivity index (χ2n) is 9.60. The van der Waals surface area contributed by atoms with Crippen LogP contribution in [0.1, 0.15) is 63.0 Å². The molecule has 32 heavy (non-hydrogen) atoms. The van der Waals surface area contributed by atoms with Gasteiger partial charge in [0.15, 0.2) is 0 Å². The zero-order valence-electron chi connectivity index (χ0n) is 19.4. The predicted octanol–water partition coefficient (Wildman–Crippen LogP) is 3.14. The fourth-order valence-electron chi connectivity index (χ4n) is 5.69. The second kappa shape index (κ2) is 9.51. The van der Waals surface area contributed by atoms with E-state index in [1.165, 1.54) is 16.8 Å². The van der Waals surface area contributed by atoms with Crippen LogP contribution >= 0.6 is 0 Å². The van der Waals surface area contributed by atoms with Gasteiger partial charge in [-0.05, 0) is 55.7 Å². The number of nitrogens with zero attached hydrogens (tertiary/aromatic N) is 2. The van der Waals surface area contributed by atoms with Crippen LogP contribution in [0, 0.1) is 12.8 Å². The summed E-state index contributed by atoms with van der Waals surface area (Å²) in [6.07, 6.45) is 6.88. The van der Waals surface area contributed by atoms with Crippen LogP contribution in [0.5, 0.6) is 0 Å². The summed E-state index contributed by atoms with van der Waals surface area (Å²) in [5.74, 6) is -0.0566. The van der Waals surface area contributed by atoms with Gasteiger partial charge in [-0.3, -0.25) is 14.9 Å². The molecule has 7 heteroatoms. The normalized spacial score (nSPS) is 24.1. The van der Waals surface area contributed by atoms with Crippen LogP contribution in [0.2, 0.25) is 0 Å². The van der Waals surface area contributed by atoms with Crippen molar-refractivity contribution in [1.29, 1.82) is 0 Å². The van der Waals surface area contributed by atoms with Crippen molar-refractivity contribution in [3.05, 3.63) is 29.3 Å². The van der Waals surface area contributed by atoms with Gasteiger partial charge in [-0.25, -0.2) is 4.79 Å². The monoisotopic (exact) mass is 440 g/mol. The fourth-order valence-corrected chi connectivity index (χ4v) is 5.69. The number of hydrogen-bond acceptors (Lipinski definition) is 4. The quantitative estimate of drug-likeness (QED) is 0.638. The summed E-state index contributed by atoms with van der Waals surface area (Å²) in [4.78, 5) is 41.9. The molecule has 1 atom stereocenters. The lowest BCUT2D eigenvalue weighted by atomic mass is 9.79. The molecule has 0 bridgehead atoms. The van der Waals surface area contributed by atoms with Crippen LogP contribution < -0.4 is 15.5 Å². The topological polar surface area (TPSA) is 81.8 Å². The highest BCUT2D eigenvalue weighted by molar-refractivity contribution is 6.07. The standard InChI is InChI=1S/C25H36N4O3/c1-3-6-19-10-9-18(2)21(17-19)28-13-15-29(16-14-28)22(30)11-12-25(20-7-4-5-8-20)23(31)26-24(32)27-25/h9-10,17,20H,3-8,11-16H2,1-2H3,(H2,26,27,31,32). The zero-order chi connectivity index (χ0) is 22.7. The summed E-state index contributed by atoms with van der Waals surface area (Å²) in [6.45, 7) is 7.34. The van der Waals surface area contributed by atoms with E-state index in [0.29, 0.717) is 19.5 Å². The molecular formula is C25H36N4O3. The number of piperazine rings is 1. The third-order valence-electron chi connectivity index (χ3n) is 7.54. The number of urea groups is 1. The van der Waals surface area contributed by atoms with Crippen molar-refractivity contribution < 1.29 is 14.4 Å². The highest BCUT2D eigenvalue weighted by Crippen LogP contribution is 2.38. The van der Waals surface area contributed by atoms with Gasteiger partial charge >= 0.3 is 6.03 Å². The molecule has 3 fully saturated rings. The Morgan fingerprint density at radius 2 is 1.84 bits per heavy atom. The summed E-state index contributed by atoms with van der Waals surface area (Å²) in [5, 5.41) is 5.30. The minimum atomic E-state index is -0.915. The SMILES string of the molecule is CCCc1ccc(C)c(N2CCN(C(=O)CCC3(C4CCCC4)NC(=O)NC3=O)CC2)c1. The number of aryl methyl sites for hydroxylation is 2. The lowest BCUT2D eigenvalue weighted by Gasteiger charge is -2.38. The number of carbonyl (C=O) groups is 3. The van der Waals surface area contributed by atoms with Crippen molar-refractivity contribution in [3.8, 4) is 0 Å². The number of amides is 4. The molecule has 174 valence electrons. The van der Waals surface area contributed by atoms with E-state index in [1.807, 2.05) is 4.90 Å². The molecule has 2 saturated heterocycles. The first kappa shape index (κ1) is 22.6. The Hall–Kier alpha value is -2.57. The first-order valence-corrected chi connectivity index (χ1v) is 12.2. The lowest BCUT2D eigenvalue weighted by Crippen LogP contribution is -2.54.